The van der Waals surface area contributed by atoms with Gasteiger partial charge >= 0.3 is 5.97 Å². The molecular weight excluding hydrogens is 464 g/mol. The Morgan fingerprint density at radius 1 is 0.892 bits per heavy atom. The molecule has 0 aliphatic heterocycles. The molecule has 0 spiro atoms. The summed E-state index contributed by atoms with van der Waals surface area (Å²) in [4.78, 5) is 38.0. The topological polar surface area (TPSA) is 95.5 Å². The third-order valence-corrected chi connectivity index (χ3v) is 7.41. The molecule has 0 heterocycles. The molecule has 1 aliphatic carbocycles. The van der Waals surface area contributed by atoms with E-state index in [0.717, 1.165) is 44.1 Å². The molecule has 1 fully saturated rings. The van der Waals surface area contributed by atoms with E-state index in [1.54, 1.807) is 0 Å². The van der Waals surface area contributed by atoms with Crippen molar-refractivity contribution in [3.05, 3.63) is 71.3 Å². The van der Waals surface area contributed by atoms with Gasteiger partial charge in [-0.15, -0.1) is 0 Å². The molecule has 0 unspecified atom stereocenters. The van der Waals surface area contributed by atoms with E-state index in [0.29, 0.717) is 31.7 Å². The van der Waals surface area contributed by atoms with E-state index in [9.17, 15) is 19.5 Å². The monoisotopic (exact) mass is 506 g/mol. The van der Waals surface area contributed by atoms with Crippen LogP contribution in [-0.4, -0.2) is 35.5 Å². The summed E-state index contributed by atoms with van der Waals surface area (Å²) in [6.45, 7) is 2.54. The molecule has 1 saturated carbocycles. The second-order valence-corrected chi connectivity index (χ2v) is 10.5. The van der Waals surface area contributed by atoms with Gasteiger partial charge in [-0.2, -0.15) is 0 Å². The molecule has 2 aromatic rings. The standard InChI is InChI=1S/C31H42N2O4/c1-23-15-17-25(18-16-23)13-8-14-27(22-29(34)35)30(36)33-28(21-26-11-6-3-7-12-26)31(37)32-20-19-24-9-4-2-5-10-24/h2,4-5,9-10,15-18,26-28H,3,6-8,11-14,19-22H2,1H3,(H,32,37)(H,33,36)(H,34,35)/t27-,28-/m0/s1. The van der Waals surface area contributed by atoms with Crippen LogP contribution in [0.2, 0.25) is 0 Å². The largest absolute Gasteiger partial charge is 0.481 e. The number of amides is 2. The van der Waals surface area contributed by atoms with Gasteiger partial charge in [-0.25, -0.2) is 0 Å². The minimum absolute atomic E-state index is 0.177. The number of hydrogen-bond donors (Lipinski definition) is 3. The second-order valence-electron chi connectivity index (χ2n) is 10.5. The van der Waals surface area contributed by atoms with E-state index >= 15 is 0 Å². The van der Waals surface area contributed by atoms with Crippen molar-refractivity contribution in [2.24, 2.45) is 11.8 Å². The number of carbonyl (C=O) groups is 3. The van der Waals surface area contributed by atoms with Crippen LogP contribution in [0.1, 0.15) is 74.5 Å². The van der Waals surface area contributed by atoms with Crippen LogP contribution in [0.3, 0.4) is 0 Å². The number of rotatable bonds is 14. The van der Waals surface area contributed by atoms with E-state index in [4.69, 9.17) is 0 Å². The number of aliphatic carboxylic acids is 1. The van der Waals surface area contributed by atoms with Crippen molar-refractivity contribution in [3.63, 3.8) is 0 Å². The molecule has 0 bridgehead atoms. The Hall–Kier alpha value is -3.15. The highest BCUT2D eigenvalue weighted by atomic mass is 16.4. The summed E-state index contributed by atoms with van der Waals surface area (Å²) in [5.74, 6) is -1.76. The number of carboxylic acids is 1. The summed E-state index contributed by atoms with van der Waals surface area (Å²) in [6.07, 6.45) is 8.73. The normalized spacial score (nSPS) is 15.5. The Labute approximate surface area is 221 Å². The summed E-state index contributed by atoms with van der Waals surface area (Å²) < 4.78 is 0. The smallest absolute Gasteiger partial charge is 0.304 e. The first kappa shape index (κ1) is 28.4. The number of carbonyl (C=O) groups excluding carboxylic acids is 2. The van der Waals surface area contributed by atoms with Crippen molar-refractivity contribution < 1.29 is 19.5 Å². The molecule has 0 saturated heterocycles. The van der Waals surface area contributed by atoms with Crippen LogP contribution in [0.25, 0.3) is 0 Å². The van der Waals surface area contributed by atoms with Crippen LogP contribution in [0, 0.1) is 18.8 Å². The van der Waals surface area contributed by atoms with Crippen LogP contribution in [0.5, 0.6) is 0 Å². The molecule has 0 radical (unpaired) electrons. The first-order valence-corrected chi connectivity index (χ1v) is 13.8. The molecule has 3 N–H and O–H groups in total. The number of aryl methyl sites for hydroxylation is 2. The van der Waals surface area contributed by atoms with Gasteiger partial charge in [-0.1, -0.05) is 92.3 Å². The predicted molar refractivity (Wildman–Crippen MR) is 146 cm³/mol. The molecule has 2 aromatic carbocycles. The lowest BCUT2D eigenvalue weighted by Crippen LogP contribution is -2.50. The molecule has 2 atom stereocenters. The number of benzene rings is 2. The average Bonchev–Trinajstić information content (AvgIpc) is 2.89. The summed E-state index contributed by atoms with van der Waals surface area (Å²) in [5.41, 5.74) is 3.51. The fraction of sp³-hybridized carbons (Fsp3) is 0.516. The summed E-state index contributed by atoms with van der Waals surface area (Å²) in [5, 5.41) is 15.4. The van der Waals surface area contributed by atoms with Crippen LogP contribution < -0.4 is 10.6 Å². The fourth-order valence-corrected chi connectivity index (χ4v) is 5.22. The zero-order chi connectivity index (χ0) is 26.5. The van der Waals surface area contributed by atoms with Crippen LogP contribution >= 0.6 is 0 Å². The first-order chi connectivity index (χ1) is 17.9. The number of nitrogens with one attached hydrogen (secondary N) is 2. The lowest BCUT2D eigenvalue weighted by Gasteiger charge is -2.28. The number of hydrogen-bond acceptors (Lipinski definition) is 3. The van der Waals surface area contributed by atoms with Gasteiger partial charge in [0.1, 0.15) is 6.04 Å². The third kappa shape index (κ3) is 10.4. The third-order valence-electron chi connectivity index (χ3n) is 7.41. The maximum absolute atomic E-state index is 13.3. The Kier molecular flexibility index (Phi) is 11.7. The highest BCUT2D eigenvalue weighted by Gasteiger charge is 2.29. The van der Waals surface area contributed by atoms with Crippen molar-refractivity contribution in [3.8, 4) is 0 Å². The Morgan fingerprint density at radius 2 is 1.57 bits per heavy atom. The minimum Gasteiger partial charge on any atom is -0.481 e. The summed E-state index contributed by atoms with van der Waals surface area (Å²) >= 11 is 0. The first-order valence-electron chi connectivity index (χ1n) is 13.8. The Morgan fingerprint density at radius 3 is 2.24 bits per heavy atom. The van der Waals surface area contributed by atoms with Gasteiger partial charge in [-0.05, 0) is 56.1 Å². The molecule has 200 valence electrons. The highest BCUT2D eigenvalue weighted by Crippen LogP contribution is 2.27. The van der Waals surface area contributed by atoms with Crippen molar-refractivity contribution in [2.45, 2.75) is 83.6 Å². The van der Waals surface area contributed by atoms with Crippen molar-refractivity contribution in [2.75, 3.05) is 6.54 Å². The maximum Gasteiger partial charge on any atom is 0.304 e. The maximum atomic E-state index is 13.3. The molecule has 37 heavy (non-hydrogen) atoms. The van der Waals surface area contributed by atoms with E-state index < -0.39 is 17.9 Å². The molecule has 2 amide bonds. The van der Waals surface area contributed by atoms with E-state index in [1.165, 1.54) is 17.5 Å². The highest BCUT2D eigenvalue weighted by molar-refractivity contribution is 5.89. The number of carboxylic acid groups (broad SMARTS) is 1. The van der Waals surface area contributed by atoms with Gasteiger partial charge in [0.25, 0.3) is 0 Å². The van der Waals surface area contributed by atoms with Crippen LogP contribution in [0.4, 0.5) is 0 Å². The summed E-state index contributed by atoms with van der Waals surface area (Å²) in [6, 6.07) is 17.6. The quantitative estimate of drug-likeness (QED) is 0.327. The second kappa shape index (κ2) is 15.2. The molecule has 6 heteroatoms. The average molecular weight is 507 g/mol. The summed E-state index contributed by atoms with van der Waals surface area (Å²) in [7, 11) is 0. The van der Waals surface area contributed by atoms with Crippen LogP contribution in [-0.2, 0) is 27.2 Å². The van der Waals surface area contributed by atoms with Crippen molar-refractivity contribution in [1.82, 2.24) is 10.6 Å². The van der Waals surface area contributed by atoms with Gasteiger partial charge in [0.05, 0.1) is 6.42 Å². The van der Waals surface area contributed by atoms with E-state index in [1.807, 2.05) is 37.3 Å². The van der Waals surface area contributed by atoms with Crippen molar-refractivity contribution >= 4 is 17.8 Å². The molecule has 0 aromatic heterocycles. The van der Waals surface area contributed by atoms with Gasteiger partial charge in [0.2, 0.25) is 11.8 Å². The molecule has 1 aliphatic rings. The van der Waals surface area contributed by atoms with Crippen molar-refractivity contribution in [1.29, 1.82) is 0 Å². The zero-order valence-electron chi connectivity index (χ0n) is 22.1. The Balaban J connectivity index is 1.59. The molecule has 3 rings (SSSR count). The van der Waals surface area contributed by atoms with Crippen LogP contribution in [0.15, 0.2) is 54.6 Å². The van der Waals surface area contributed by atoms with Gasteiger partial charge in [0, 0.05) is 12.5 Å². The Bertz CT molecular complexity index is 984. The fourth-order valence-electron chi connectivity index (χ4n) is 5.22. The van der Waals surface area contributed by atoms with Gasteiger partial charge in [-0.3, -0.25) is 14.4 Å². The SMILES string of the molecule is Cc1ccc(CCC[C@@H](CC(=O)O)C(=O)N[C@@H](CC2CCCCC2)C(=O)NCCc2ccccc2)cc1. The minimum atomic E-state index is -0.994. The molecular formula is C31H42N2O4. The lowest BCUT2D eigenvalue weighted by molar-refractivity contribution is -0.141. The molecule has 6 nitrogen and oxygen atoms in total. The predicted octanol–water partition coefficient (Wildman–Crippen LogP) is 5.22. The lowest BCUT2D eigenvalue weighted by atomic mass is 9.84. The van der Waals surface area contributed by atoms with Gasteiger partial charge in [0.15, 0.2) is 0 Å². The van der Waals surface area contributed by atoms with Gasteiger partial charge < -0.3 is 15.7 Å². The van der Waals surface area contributed by atoms with E-state index in [-0.39, 0.29) is 18.2 Å². The zero-order valence-corrected chi connectivity index (χ0v) is 22.1. The van der Waals surface area contributed by atoms with E-state index in [2.05, 4.69) is 34.9 Å².